The third-order valence-electron chi connectivity index (χ3n) is 2.89. The monoisotopic (exact) mass is 260 g/mol. The highest BCUT2D eigenvalue weighted by Crippen LogP contribution is 2.23. The molecule has 4 heteroatoms. The van der Waals surface area contributed by atoms with Crippen LogP contribution >= 0.6 is 0 Å². The molecule has 0 aliphatic heterocycles. The number of carbonyl (C=O) groups is 2. The summed E-state index contributed by atoms with van der Waals surface area (Å²) >= 11 is 0. The molecule has 0 aliphatic rings. The molecule has 0 saturated carbocycles. The molecule has 1 atom stereocenters. The predicted octanol–water partition coefficient (Wildman–Crippen LogP) is 3.79. The maximum atomic E-state index is 10.2. The van der Waals surface area contributed by atoms with Gasteiger partial charge in [-0.25, -0.2) is 0 Å². The van der Waals surface area contributed by atoms with Crippen molar-refractivity contribution >= 4 is 11.9 Å². The van der Waals surface area contributed by atoms with E-state index in [1.807, 2.05) is 27.7 Å². The summed E-state index contributed by atoms with van der Waals surface area (Å²) in [5, 5.41) is 16.7. The molecule has 0 heterocycles. The number of aliphatic carboxylic acids is 2. The molecule has 1 unspecified atom stereocenters. The Morgan fingerprint density at radius 3 is 1.83 bits per heavy atom. The van der Waals surface area contributed by atoms with Gasteiger partial charge in [-0.2, -0.15) is 0 Å². The molecular formula is C14H28O4. The zero-order chi connectivity index (χ0) is 14.8. The van der Waals surface area contributed by atoms with E-state index >= 15 is 0 Å². The van der Waals surface area contributed by atoms with E-state index in [2.05, 4.69) is 6.92 Å². The summed E-state index contributed by atoms with van der Waals surface area (Å²) < 4.78 is 0. The van der Waals surface area contributed by atoms with E-state index in [-0.39, 0.29) is 11.8 Å². The van der Waals surface area contributed by atoms with E-state index in [4.69, 9.17) is 10.2 Å². The van der Waals surface area contributed by atoms with E-state index < -0.39 is 11.9 Å². The molecule has 108 valence electrons. The molecule has 4 nitrogen and oxygen atoms in total. The highest BCUT2D eigenvalue weighted by molar-refractivity contribution is 5.67. The molecule has 18 heavy (non-hydrogen) atoms. The SMILES string of the molecule is CCC(C)(C)CC(=O)O.CCCC(C)CC(=O)O. The van der Waals surface area contributed by atoms with Crippen LogP contribution in [0.25, 0.3) is 0 Å². The Morgan fingerprint density at radius 1 is 1.11 bits per heavy atom. The van der Waals surface area contributed by atoms with Gasteiger partial charge in [-0.3, -0.25) is 9.59 Å². The summed E-state index contributed by atoms with van der Waals surface area (Å²) in [6.07, 6.45) is 3.59. The summed E-state index contributed by atoms with van der Waals surface area (Å²) in [5.74, 6) is -1.05. The molecule has 0 aliphatic carbocycles. The van der Waals surface area contributed by atoms with Gasteiger partial charge in [0, 0.05) is 6.42 Å². The Morgan fingerprint density at radius 2 is 1.61 bits per heavy atom. The van der Waals surface area contributed by atoms with Crippen molar-refractivity contribution in [3.63, 3.8) is 0 Å². The largest absolute Gasteiger partial charge is 0.481 e. The van der Waals surface area contributed by atoms with Crippen LogP contribution < -0.4 is 0 Å². The summed E-state index contributed by atoms with van der Waals surface area (Å²) in [6, 6.07) is 0. The fraction of sp³-hybridized carbons (Fsp3) is 0.857. The number of carboxylic acids is 2. The van der Waals surface area contributed by atoms with Crippen LogP contribution in [-0.2, 0) is 9.59 Å². The van der Waals surface area contributed by atoms with Crippen LogP contribution in [0.4, 0.5) is 0 Å². The zero-order valence-corrected chi connectivity index (χ0v) is 12.3. The van der Waals surface area contributed by atoms with Gasteiger partial charge >= 0.3 is 11.9 Å². The lowest BCUT2D eigenvalue weighted by Crippen LogP contribution is -2.14. The number of rotatable bonds is 7. The van der Waals surface area contributed by atoms with Crippen LogP contribution in [0, 0.1) is 11.3 Å². The molecule has 0 spiro atoms. The smallest absolute Gasteiger partial charge is 0.303 e. The summed E-state index contributed by atoms with van der Waals surface area (Å²) in [4.78, 5) is 20.3. The van der Waals surface area contributed by atoms with E-state index in [1.54, 1.807) is 0 Å². The van der Waals surface area contributed by atoms with E-state index in [0.29, 0.717) is 12.3 Å². The molecule has 0 bridgehead atoms. The topological polar surface area (TPSA) is 74.6 Å². The first-order valence-electron chi connectivity index (χ1n) is 6.58. The number of carboxylic acid groups (broad SMARTS) is 2. The minimum Gasteiger partial charge on any atom is -0.481 e. The van der Waals surface area contributed by atoms with Crippen LogP contribution in [0.2, 0.25) is 0 Å². The van der Waals surface area contributed by atoms with Crippen molar-refractivity contribution < 1.29 is 19.8 Å². The Hall–Kier alpha value is -1.06. The van der Waals surface area contributed by atoms with Gasteiger partial charge in [0.1, 0.15) is 0 Å². The maximum Gasteiger partial charge on any atom is 0.303 e. The Balaban J connectivity index is 0. The second-order valence-corrected chi connectivity index (χ2v) is 5.58. The fourth-order valence-corrected chi connectivity index (χ4v) is 1.43. The maximum absolute atomic E-state index is 10.2. The first kappa shape index (κ1) is 19.3. The average molecular weight is 260 g/mol. The van der Waals surface area contributed by atoms with Crippen LogP contribution in [0.5, 0.6) is 0 Å². The van der Waals surface area contributed by atoms with Crippen LogP contribution in [0.15, 0.2) is 0 Å². The van der Waals surface area contributed by atoms with E-state index in [1.165, 1.54) is 0 Å². The number of hydrogen-bond acceptors (Lipinski definition) is 2. The molecule has 0 aromatic heterocycles. The molecule has 0 fully saturated rings. The van der Waals surface area contributed by atoms with Crippen molar-refractivity contribution in [3.05, 3.63) is 0 Å². The summed E-state index contributed by atoms with van der Waals surface area (Å²) in [7, 11) is 0. The third-order valence-corrected chi connectivity index (χ3v) is 2.89. The minimum absolute atomic E-state index is 0.0359. The van der Waals surface area contributed by atoms with Crippen LogP contribution in [0.3, 0.4) is 0 Å². The Bertz CT molecular complexity index is 246. The Kier molecular flexibility index (Phi) is 10.6. The molecule has 0 saturated heterocycles. The lowest BCUT2D eigenvalue weighted by atomic mass is 9.87. The molecule has 0 aromatic rings. The first-order chi connectivity index (χ1) is 8.14. The minimum atomic E-state index is -0.707. The molecule has 0 rings (SSSR count). The quantitative estimate of drug-likeness (QED) is 0.730. The van der Waals surface area contributed by atoms with Crippen molar-refractivity contribution in [2.24, 2.45) is 11.3 Å². The molecule has 0 amide bonds. The van der Waals surface area contributed by atoms with Gasteiger partial charge < -0.3 is 10.2 Å². The van der Waals surface area contributed by atoms with Crippen molar-refractivity contribution in [1.29, 1.82) is 0 Å². The first-order valence-corrected chi connectivity index (χ1v) is 6.58. The fourth-order valence-electron chi connectivity index (χ4n) is 1.43. The van der Waals surface area contributed by atoms with Crippen molar-refractivity contribution in [2.45, 2.75) is 66.7 Å². The molecule has 2 N–H and O–H groups in total. The zero-order valence-electron chi connectivity index (χ0n) is 12.3. The van der Waals surface area contributed by atoms with Gasteiger partial charge in [-0.15, -0.1) is 0 Å². The average Bonchev–Trinajstić information content (AvgIpc) is 2.15. The van der Waals surface area contributed by atoms with E-state index in [0.717, 1.165) is 19.3 Å². The lowest BCUT2D eigenvalue weighted by Gasteiger charge is -2.18. The molecular weight excluding hydrogens is 232 g/mol. The Labute approximate surface area is 110 Å². The highest BCUT2D eigenvalue weighted by Gasteiger charge is 2.18. The molecule has 0 aromatic carbocycles. The second-order valence-electron chi connectivity index (χ2n) is 5.58. The van der Waals surface area contributed by atoms with Crippen molar-refractivity contribution in [2.75, 3.05) is 0 Å². The van der Waals surface area contributed by atoms with Gasteiger partial charge in [0.15, 0.2) is 0 Å². The van der Waals surface area contributed by atoms with E-state index in [9.17, 15) is 9.59 Å². The number of hydrogen-bond donors (Lipinski definition) is 2. The van der Waals surface area contributed by atoms with Crippen molar-refractivity contribution in [1.82, 2.24) is 0 Å². The van der Waals surface area contributed by atoms with Gasteiger partial charge in [0.05, 0.1) is 6.42 Å². The lowest BCUT2D eigenvalue weighted by molar-refractivity contribution is -0.139. The van der Waals surface area contributed by atoms with Gasteiger partial charge in [0.25, 0.3) is 0 Å². The van der Waals surface area contributed by atoms with Gasteiger partial charge in [-0.05, 0) is 11.3 Å². The van der Waals surface area contributed by atoms with Gasteiger partial charge in [-0.1, -0.05) is 53.9 Å². The highest BCUT2D eigenvalue weighted by atomic mass is 16.4. The standard InChI is InChI=1S/2C7H14O2/c1-4-7(2,3)5-6(8)9;1-3-4-6(2)5-7(8)9/h4-5H2,1-3H3,(H,8,9);6H,3-5H2,1-2H3,(H,8,9). The van der Waals surface area contributed by atoms with Crippen LogP contribution in [0.1, 0.15) is 66.7 Å². The molecule has 0 radical (unpaired) electrons. The normalized spacial score (nSPS) is 12.3. The predicted molar refractivity (Wildman–Crippen MR) is 72.6 cm³/mol. The summed E-state index contributed by atoms with van der Waals surface area (Å²) in [5.41, 5.74) is -0.0359. The third kappa shape index (κ3) is 14.9. The van der Waals surface area contributed by atoms with Crippen molar-refractivity contribution in [3.8, 4) is 0 Å². The van der Waals surface area contributed by atoms with Gasteiger partial charge in [0.2, 0.25) is 0 Å². The van der Waals surface area contributed by atoms with Crippen LogP contribution in [-0.4, -0.2) is 22.2 Å². The second kappa shape index (κ2) is 9.92. The summed E-state index contributed by atoms with van der Waals surface area (Å²) in [6.45, 7) is 9.96.